The van der Waals surface area contributed by atoms with E-state index < -0.39 is 11.7 Å². The van der Waals surface area contributed by atoms with Gasteiger partial charge in [0.05, 0.1) is 16.6 Å². The quantitative estimate of drug-likeness (QED) is 0.743. The Morgan fingerprint density at radius 3 is 2.70 bits per heavy atom. The van der Waals surface area contributed by atoms with Crippen LogP contribution in [-0.4, -0.2) is 23.7 Å². The molecule has 0 bridgehead atoms. The van der Waals surface area contributed by atoms with Gasteiger partial charge in [0.25, 0.3) is 0 Å². The number of alkyl halides is 3. The van der Waals surface area contributed by atoms with Crippen LogP contribution in [0.2, 0.25) is 5.02 Å². The summed E-state index contributed by atoms with van der Waals surface area (Å²) in [5.74, 6) is 0. The van der Waals surface area contributed by atoms with Crippen molar-refractivity contribution in [2.75, 3.05) is 13.1 Å². The molecule has 23 heavy (non-hydrogen) atoms. The zero-order chi connectivity index (χ0) is 17.0. The third-order valence-corrected chi connectivity index (χ3v) is 4.58. The second-order valence-electron chi connectivity index (χ2n) is 6.01. The third-order valence-electron chi connectivity index (χ3n) is 4.25. The number of nitrogens with one attached hydrogen (secondary N) is 1. The minimum absolute atomic E-state index is 0.290. The number of hydrogen-bond acceptors (Lipinski definition) is 2. The molecule has 1 unspecified atom stereocenters. The minimum Gasteiger partial charge on any atom is -0.308 e. The standard InChI is InChI=1S/C17H22ClF3N2/c1-2-3-9-23-10-5-4-6-15(22)16(23)12-7-8-14(18)13(11-12)17(19,20)21/h7-8,11,16,22H,2-6,9-10H2,1H3. The highest BCUT2D eigenvalue weighted by Crippen LogP contribution is 2.38. The lowest BCUT2D eigenvalue weighted by Gasteiger charge is -2.31. The Morgan fingerprint density at radius 1 is 1.30 bits per heavy atom. The van der Waals surface area contributed by atoms with Crippen molar-refractivity contribution in [2.24, 2.45) is 0 Å². The summed E-state index contributed by atoms with van der Waals surface area (Å²) in [6.45, 7) is 3.70. The Bertz CT molecular complexity index is 557. The van der Waals surface area contributed by atoms with Gasteiger partial charge in [-0.2, -0.15) is 13.2 Å². The summed E-state index contributed by atoms with van der Waals surface area (Å²) in [5.41, 5.74) is 0.197. The molecule has 1 aromatic carbocycles. The maximum absolute atomic E-state index is 13.1. The van der Waals surface area contributed by atoms with Gasteiger partial charge in [-0.15, -0.1) is 0 Å². The van der Waals surface area contributed by atoms with E-state index in [4.69, 9.17) is 17.0 Å². The van der Waals surface area contributed by atoms with Crippen molar-refractivity contribution in [2.45, 2.75) is 51.2 Å². The van der Waals surface area contributed by atoms with Gasteiger partial charge >= 0.3 is 6.18 Å². The molecule has 0 aliphatic carbocycles. The van der Waals surface area contributed by atoms with Crippen molar-refractivity contribution in [3.63, 3.8) is 0 Å². The molecular formula is C17H22ClF3N2. The van der Waals surface area contributed by atoms with Gasteiger partial charge in [-0.05, 0) is 56.5 Å². The molecule has 0 spiro atoms. The summed E-state index contributed by atoms with van der Waals surface area (Å²) in [4.78, 5) is 2.14. The number of nitrogens with zero attached hydrogens (tertiary/aromatic N) is 1. The summed E-state index contributed by atoms with van der Waals surface area (Å²) in [6, 6.07) is 3.67. The minimum atomic E-state index is -4.48. The predicted molar refractivity (Wildman–Crippen MR) is 87.3 cm³/mol. The molecule has 6 heteroatoms. The van der Waals surface area contributed by atoms with Gasteiger partial charge in [0, 0.05) is 5.71 Å². The highest BCUT2D eigenvalue weighted by atomic mass is 35.5. The molecule has 2 rings (SSSR count). The van der Waals surface area contributed by atoms with Gasteiger partial charge in [-0.3, -0.25) is 4.90 Å². The molecule has 1 atom stereocenters. The van der Waals surface area contributed by atoms with E-state index in [-0.39, 0.29) is 11.1 Å². The second-order valence-corrected chi connectivity index (χ2v) is 6.42. The van der Waals surface area contributed by atoms with Crippen molar-refractivity contribution >= 4 is 17.3 Å². The molecule has 0 saturated carbocycles. The fraction of sp³-hybridized carbons (Fsp3) is 0.588. The summed E-state index contributed by atoms with van der Waals surface area (Å²) in [7, 11) is 0. The van der Waals surface area contributed by atoms with Crippen LogP contribution in [0.1, 0.15) is 56.2 Å². The van der Waals surface area contributed by atoms with Crippen molar-refractivity contribution in [3.8, 4) is 0 Å². The largest absolute Gasteiger partial charge is 0.417 e. The van der Waals surface area contributed by atoms with Crippen LogP contribution in [0.25, 0.3) is 0 Å². The molecular weight excluding hydrogens is 325 g/mol. The first-order chi connectivity index (χ1) is 10.8. The molecule has 1 aromatic rings. The Hall–Kier alpha value is -1.07. The number of likely N-dealkylation sites (tertiary alicyclic amines) is 1. The topological polar surface area (TPSA) is 27.1 Å². The van der Waals surface area contributed by atoms with E-state index in [1.165, 1.54) is 6.07 Å². The molecule has 0 aromatic heterocycles. The number of unbranched alkanes of at least 4 members (excludes halogenated alkanes) is 1. The summed E-state index contributed by atoms with van der Waals surface area (Å²) in [6.07, 6.45) is 0.0417. The molecule has 1 aliphatic heterocycles. The van der Waals surface area contributed by atoms with Crippen molar-refractivity contribution < 1.29 is 13.2 Å². The van der Waals surface area contributed by atoms with Crippen LogP contribution in [0, 0.1) is 5.41 Å². The summed E-state index contributed by atoms with van der Waals surface area (Å²) < 4.78 is 39.4. The lowest BCUT2D eigenvalue weighted by atomic mass is 9.96. The predicted octanol–water partition coefficient (Wildman–Crippen LogP) is 5.71. The lowest BCUT2D eigenvalue weighted by molar-refractivity contribution is -0.137. The normalized spacial score (nSPS) is 20.6. The molecule has 1 saturated heterocycles. The molecule has 1 aliphatic rings. The van der Waals surface area contributed by atoms with Crippen molar-refractivity contribution in [3.05, 3.63) is 34.3 Å². The van der Waals surface area contributed by atoms with E-state index in [0.29, 0.717) is 17.7 Å². The monoisotopic (exact) mass is 346 g/mol. The fourth-order valence-corrected chi connectivity index (χ4v) is 3.29. The van der Waals surface area contributed by atoms with E-state index in [2.05, 4.69) is 11.8 Å². The van der Waals surface area contributed by atoms with Gasteiger partial charge in [0.1, 0.15) is 0 Å². The average molecular weight is 347 g/mol. The van der Waals surface area contributed by atoms with Crippen molar-refractivity contribution in [1.82, 2.24) is 4.90 Å². The maximum Gasteiger partial charge on any atom is 0.417 e. The van der Waals surface area contributed by atoms with Crippen molar-refractivity contribution in [1.29, 1.82) is 5.41 Å². The SMILES string of the molecule is CCCCN1CCCCC(=N)C1c1ccc(Cl)c(C(F)(F)F)c1. The van der Waals surface area contributed by atoms with E-state index in [1.807, 2.05) is 0 Å². The van der Waals surface area contributed by atoms with E-state index in [1.54, 1.807) is 6.07 Å². The number of benzene rings is 1. The maximum atomic E-state index is 13.1. The Kier molecular flexibility index (Phi) is 6.09. The lowest BCUT2D eigenvalue weighted by Crippen LogP contribution is -2.33. The zero-order valence-electron chi connectivity index (χ0n) is 13.2. The second kappa shape index (κ2) is 7.67. The molecule has 1 heterocycles. The molecule has 2 nitrogen and oxygen atoms in total. The molecule has 1 fully saturated rings. The highest BCUT2D eigenvalue weighted by Gasteiger charge is 2.35. The summed E-state index contributed by atoms with van der Waals surface area (Å²) >= 11 is 5.72. The molecule has 1 N–H and O–H groups in total. The Labute approximate surface area is 140 Å². The first kappa shape index (κ1) is 18.3. The van der Waals surface area contributed by atoms with Gasteiger partial charge in [-0.1, -0.05) is 31.0 Å². The van der Waals surface area contributed by atoms with Crippen LogP contribution in [0.4, 0.5) is 13.2 Å². The Balaban J connectivity index is 2.40. The van der Waals surface area contributed by atoms with Gasteiger partial charge in [0.2, 0.25) is 0 Å². The Morgan fingerprint density at radius 2 is 2.04 bits per heavy atom. The van der Waals surface area contributed by atoms with E-state index in [0.717, 1.165) is 44.8 Å². The highest BCUT2D eigenvalue weighted by molar-refractivity contribution is 6.31. The first-order valence-corrected chi connectivity index (χ1v) is 8.40. The molecule has 0 amide bonds. The van der Waals surface area contributed by atoms with Crippen LogP contribution in [0.3, 0.4) is 0 Å². The number of hydrogen-bond donors (Lipinski definition) is 1. The van der Waals surface area contributed by atoms with Crippen LogP contribution in [0.5, 0.6) is 0 Å². The van der Waals surface area contributed by atoms with Gasteiger partial charge in [-0.25, -0.2) is 0 Å². The first-order valence-electron chi connectivity index (χ1n) is 8.02. The van der Waals surface area contributed by atoms with Crippen LogP contribution >= 0.6 is 11.6 Å². The van der Waals surface area contributed by atoms with Gasteiger partial charge < -0.3 is 5.41 Å². The fourth-order valence-electron chi connectivity index (χ4n) is 3.06. The smallest absolute Gasteiger partial charge is 0.308 e. The number of rotatable bonds is 4. The molecule has 0 radical (unpaired) electrons. The van der Waals surface area contributed by atoms with E-state index in [9.17, 15) is 13.2 Å². The van der Waals surface area contributed by atoms with Crippen LogP contribution in [0.15, 0.2) is 18.2 Å². The summed E-state index contributed by atoms with van der Waals surface area (Å²) in [5, 5.41) is 8.02. The molecule has 128 valence electrons. The number of halogens is 4. The van der Waals surface area contributed by atoms with Crippen LogP contribution < -0.4 is 0 Å². The van der Waals surface area contributed by atoms with E-state index >= 15 is 0 Å². The van der Waals surface area contributed by atoms with Gasteiger partial charge in [0.15, 0.2) is 0 Å². The zero-order valence-corrected chi connectivity index (χ0v) is 14.0. The van der Waals surface area contributed by atoms with Crippen LogP contribution in [-0.2, 0) is 6.18 Å². The third kappa shape index (κ3) is 4.48. The average Bonchev–Trinajstić information content (AvgIpc) is 2.66.